The molecule has 0 saturated carbocycles. The number of carbonyl (C=O) groups excluding carboxylic acids is 1. The van der Waals surface area contributed by atoms with Crippen molar-refractivity contribution < 1.29 is 17.6 Å². The van der Waals surface area contributed by atoms with E-state index in [1.165, 1.54) is 24.3 Å². The Labute approximate surface area is 167 Å². The van der Waals surface area contributed by atoms with E-state index in [-0.39, 0.29) is 21.5 Å². The Hall–Kier alpha value is -2.90. The molecular formula is C20H16ClFN2O3S. The van der Waals surface area contributed by atoms with Gasteiger partial charge in [-0.3, -0.25) is 9.52 Å². The molecule has 0 radical (unpaired) electrons. The van der Waals surface area contributed by atoms with Crippen LogP contribution in [0.4, 0.5) is 10.1 Å². The number of anilines is 1. The van der Waals surface area contributed by atoms with E-state index >= 15 is 0 Å². The predicted octanol–water partition coefficient (Wildman–Crippen LogP) is 4.21. The minimum atomic E-state index is -3.93. The number of benzene rings is 3. The zero-order chi connectivity index (χ0) is 20.1. The Morgan fingerprint density at radius 2 is 1.64 bits per heavy atom. The predicted molar refractivity (Wildman–Crippen MR) is 106 cm³/mol. The Balaban J connectivity index is 1.66. The summed E-state index contributed by atoms with van der Waals surface area (Å²) in [4.78, 5) is 12.0. The van der Waals surface area contributed by atoms with Gasteiger partial charge >= 0.3 is 0 Å². The van der Waals surface area contributed by atoms with Crippen molar-refractivity contribution in [2.45, 2.75) is 11.4 Å². The Morgan fingerprint density at radius 1 is 0.964 bits per heavy atom. The second-order valence-corrected chi connectivity index (χ2v) is 8.02. The Bertz CT molecular complexity index is 1090. The Kier molecular flexibility index (Phi) is 5.96. The lowest BCUT2D eigenvalue weighted by atomic mass is 10.2. The van der Waals surface area contributed by atoms with Crippen LogP contribution in [0.1, 0.15) is 15.9 Å². The number of halogens is 2. The molecule has 0 aliphatic rings. The van der Waals surface area contributed by atoms with Crippen molar-refractivity contribution >= 4 is 33.2 Å². The third kappa shape index (κ3) is 4.88. The van der Waals surface area contributed by atoms with Gasteiger partial charge in [-0.05, 0) is 48.0 Å². The smallest absolute Gasteiger partial charge is 0.261 e. The van der Waals surface area contributed by atoms with Crippen molar-refractivity contribution in [3.63, 3.8) is 0 Å². The number of sulfonamides is 1. The fourth-order valence-electron chi connectivity index (χ4n) is 2.43. The van der Waals surface area contributed by atoms with Gasteiger partial charge in [-0.15, -0.1) is 0 Å². The minimum absolute atomic E-state index is 0.163. The van der Waals surface area contributed by atoms with E-state index in [1.807, 2.05) is 30.3 Å². The molecule has 0 spiro atoms. The van der Waals surface area contributed by atoms with Crippen LogP contribution < -0.4 is 10.0 Å². The van der Waals surface area contributed by atoms with Gasteiger partial charge in [0.2, 0.25) is 0 Å². The van der Waals surface area contributed by atoms with Crippen molar-refractivity contribution in [1.29, 1.82) is 0 Å². The fourth-order valence-corrected chi connectivity index (χ4v) is 3.76. The van der Waals surface area contributed by atoms with Crippen molar-refractivity contribution in [2.75, 3.05) is 4.72 Å². The van der Waals surface area contributed by atoms with Crippen molar-refractivity contribution in [1.82, 2.24) is 5.32 Å². The van der Waals surface area contributed by atoms with E-state index in [9.17, 15) is 17.6 Å². The monoisotopic (exact) mass is 418 g/mol. The molecule has 0 bridgehead atoms. The largest absolute Gasteiger partial charge is 0.348 e. The lowest BCUT2D eigenvalue weighted by molar-refractivity contribution is 0.0951. The highest BCUT2D eigenvalue weighted by Gasteiger charge is 2.16. The number of carbonyl (C=O) groups is 1. The molecule has 0 aliphatic heterocycles. The van der Waals surface area contributed by atoms with Crippen molar-refractivity contribution in [3.8, 4) is 0 Å². The summed E-state index contributed by atoms with van der Waals surface area (Å²) in [6.45, 7) is 0.388. The summed E-state index contributed by atoms with van der Waals surface area (Å²) in [7, 11) is -3.93. The van der Waals surface area contributed by atoms with Gasteiger partial charge in [-0.1, -0.05) is 41.9 Å². The quantitative estimate of drug-likeness (QED) is 0.629. The highest BCUT2D eigenvalue weighted by atomic mass is 35.5. The molecule has 0 saturated heterocycles. The van der Waals surface area contributed by atoms with Gasteiger partial charge in [0.15, 0.2) is 0 Å². The molecule has 5 nitrogen and oxygen atoms in total. The molecule has 0 atom stereocenters. The van der Waals surface area contributed by atoms with Gasteiger partial charge in [-0.25, -0.2) is 12.8 Å². The summed E-state index contributed by atoms with van der Waals surface area (Å²) in [5, 5.41) is 2.51. The number of hydrogen-bond donors (Lipinski definition) is 2. The van der Waals surface area contributed by atoms with Crippen molar-refractivity contribution in [3.05, 3.63) is 94.8 Å². The maximum absolute atomic E-state index is 13.2. The number of rotatable bonds is 6. The van der Waals surface area contributed by atoms with Crippen LogP contribution in [0.15, 0.2) is 77.7 Å². The van der Waals surface area contributed by atoms with Crippen LogP contribution in [0.25, 0.3) is 0 Å². The lowest BCUT2D eigenvalue weighted by Crippen LogP contribution is -2.22. The zero-order valence-corrected chi connectivity index (χ0v) is 16.1. The summed E-state index contributed by atoms with van der Waals surface area (Å²) < 4.78 is 40.3. The van der Waals surface area contributed by atoms with E-state index in [1.54, 1.807) is 0 Å². The molecule has 144 valence electrons. The van der Waals surface area contributed by atoms with E-state index in [0.717, 1.165) is 23.8 Å². The molecule has 8 heteroatoms. The highest BCUT2D eigenvalue weighted by Crippen LogP contribution is 2.22. The molecule has 1 amide bonds. The molecule has 28 heavy (non-hydrogen) atoms. The van der Waals surface area contributed by atoms with Crippen LogP contribution in [0.5, 0.6) is 0 Å². The molecule has 2 N–H and O–H groups in total. The first-order valence-electron chi connectivity index (χ1n) is 8.25. The van der Waals surface area contributed by atoms with Gasteiger partial charge in [0, 0.05) is 17.8 Å². The molecule has 3 aromatic rings. The number of amides is 1. The summed E-state index contributed by atoms with van der Waals surface area (Å²) in [6.07, 6.45) is 0. The standard InChI is InChI=1S/C20H16ClFN2O3S/c21-18-12-17(10-11-19(18)22)28(26,27)24-16-8-6-15(7-9-16)20(25)23-13-14-4-2-1-3-5-14/h1-12,24H,13H2,(H,23,25). The summed E-state index contributed by atoms with van der Waals surface area (Å²) in [5.41, 5.74) is 1.63. The average Bonchev–Trinajstić information content (AvgIpc) is 2.69. The van der Waals surface area contributed by atoms with E-state index in [2.05, 4.69) is 10.0 Å². The second-order valence-electron chi connectivity index (χ2n) is 5.93. The molecule has 0 fully saturated rings. The molecule has 0 aromatic heterocycles. The van der Waals surface area contributed by atoms with Gasteiger partial charge in [-0.2, -0.15) is 0 Å². The number of hydrogen-bond acceptors (Lipinski definition) is 3. The van der Waals surface area contributed by atoms with E-state index in [4.69, 9.17) is 11.6 Å². The topological polar surface area (TPSA) is 75.3 Å². The van der Waals surface area contributed by atoms with Gasteiger partial charge in [0.25, 0.3) is 15.9 Å². The average molecular weight is 419 g/mol. The maximum atomic E-state index is 13.2. The van der Waals surface area contributed by atoms with Gasteiger partial charge < -0.3 is 5.32 Å². The fraction of sp³-hybridized carbons (Fsp3) is 0.0500. The van der Waals surface area contributed by atoms with Crippen LogP contribution in [0.2, 0.25) is 5.02 Å². The first-order chi connectivity index (χ1) is 13.3. The van der Waals surface area contributed by atoms with Crippen molar-refractivity contribution in [2.24, 2.45) is 0 Å². The summed E-state index contributed by atoms with van der Waals surface area (Å²) in [5.74, 6) is -0.977. The molecule has 0 aliphatic carbocycles. The maximum Gasteiger partial charge on any atom is 0.261 e. The summed E-state index contributed by atoms with van der Waals surface area (Å²) >= 11 is 5.64. The van der Waals surface area contributed by atoms with Gasteiger partial charge in [0.1, 0.15) is 5.82 Å². The van der Waals surface area contributed by atoms with Crippen LogP contribution in [-0.4, -0.2) is 14.3 Å². The van der Waals surface area contributed by atoms with E-state index in [0.29, 0.717) is 12.1 Å². The Morgan fingerprint density at radius 3 is 2.29 bits per heavy atom. The first kappa shape index (κ1) is 19.9. The third-order valence-corrected chi connectivity index (χ3v) is 5.57. The lowest BCUT2D eigenvalue weighted by Gasteiger charge is -2.10. The minimum Gasteiger partial charge on any atom is -0.348 e. The van der Waals surface area contributed by atoms with Crippen LogP contribution in [-0.2, 0) is 16.6 Å². The molecule has 0 unspecified atom stereocenters. The first-order valence-corrected chi connectivity index (χ1v) is 10.1. The van der Waals surface area contributed by atoms with Crippen LogP contribution >= 0.6 is 11.6 Å². The number of nitrogens with one attached hydrogen (secondary N) is 2. The molecule has 3 rings (SSSR count). The zero-order valence-electron chi connectivity index (χ0n) is 14.5. The highest BCUT2D eigenvalue weighted by molar-refractivity contribution is 7.92. The van der Waals surface area contributed by atoms with E-state index < -0.39 is 15.8 Å². The third-order valence-electron chi connectivity index (χ3n) is 3.90. The molecule has 0 heterocycles. The second kappa shape index (κ2) is 8.41. The summed E-state index contributed by atoms with van der Waals surface area (Å²) in [6, 6.07) is 18.6. The SMILES string of the molecule is O=C(NCc1ccccc1)c1ccc(NS(=O)(=O)c2ccc(F)c(Cl)c2)cc1. The van der Waals surface area contributed by atoms with Gasteiger partial charge in [0.05, 0.1) is 9.92 Å². The molecule has 3 aromatic carbocycles. The van der Waals surface area contributed by atoms with Crippen LogP contribution in [0.3, 0.4) is 0 Å². The molecular weight excluding hydrogens is 403 g/mol. The van der Waals surface area contributed by atoms with Crippen LogP contribution in [0, 0.1) is 5.82 Å². The normalized spacial score (nSPS) is 11.1.